The largest absolute Gasteiger partial charge is 0.437 e. The van der Waals surface area contributed by atoms with Gasteiger partial charge in [0.1, 0.15) is 6.10 Å². The van der Waals surface area contributed by atoms with Crippen molar-refractivity contribution in [1.29, 1.82) is 0 Å². The number of rotatable bonds is 45. The van der Waals surface area contributed by atoms with Gasteiger partial charge in [-0.25, -0.2) is 0 Å². The minimum atomic E-state index is -2.77. The number of hydrogen-bond donors (Lipinski definition) is 2. The molecule has 59 heavy (non-hydrogen) atoms. The fourth-order valence-electron chi connectivity index (χ4n) is 7.41. The Labute approximate surface area is 370 Å². The molecule has 0 aliphatic carbocycles. The summed E-state index contributed by atoms with van der Waals surface area (Å²) in [5.74, 6) is 0. The van der Waals surface area contributed by atoms with Gasteiger partial charge in [-0.1, -0.05) is 103 Å². The summed E-state index contributed by atoms with van der Waals surface area (Å²) in [5.41, 5.74) is 0. The highest BCUT2D eigenvalue weighted by molar-refractivity contribution is 6.90. The molecule has 0 rings (SSSR count). The predicted octanol–water partition coefficient (Wildman–Crippen LogP) is 11.0. The third-order valence-electron chi connectivity index (χ3n) is 9.59. The van der Waals surface area contributed by atoms with Crippen LogP contribution in [0.5, 0.6) is 0 Å². The molecule has 356 valence electrons. The van der Waals surface area contributed by atoms with Gasteiger partial charge in [-0.05, 0) is 96.8 Å². The summed E-state index contributed by atoms with van der Waals surface area (Å²) < 4.78 is 56.4. The van der Waals surface area contributed by atoms with Crippen molar-refractivity contribution in [2.45, 2.75) is 206 Å². The van der Waals surface area contributed by atoms with Crippen LogP contribution in [0.4, 0.5) is 0 Å². The molecule has 0 fully saturated rings. The van der Waals surface area contributed by atoms with E-state index in [9.17, 15) is 5.11 Å². The zero-order chi connectivity index (χ0) is 44.4. The normalized spacial score (nSPS) is 15.4. The minimum absolute atomic E-state index is 0.113. The topological polar surface area (TPSA) is 124 Å². The van der Waals surface area contributed by atoms with E-state index >= 15 is 0 Å². The van der Waals surface area contributed by atoms with Crippen LogP contribution in [0.1, 0.15) is 122 Å². The Morgan fingerprint density at radius 2 is 0.712 bits per heavy atom. The summed E-state index contributed by atoms with van der Waals surface area (Å²) in [7, 11) is -11.7. The fraction of sp³-hybridized carbons (Fsp3) is 1.00. The lowest BCUT2D eigenvalue weighted by Gasteiger charge is -2.44. The molecule has 0 amide bonds. The molecular formula is C43H98O11Si5. The van der Waals surface area contributed by atoms with Crippen LogP contribution in [-0.2, 0) is 40.1 Å². The highest BCUT2D eigenvalue weighted by Crippen LogP contribution is 2.32. The Bertz CT molecular complexity index is 945. The van der Waals surface area contributed by atoms with E-state index in [4.69, 9.17) is 45.3 Å². The smallest absolute Gasteiger partial charge is 0.317 e. The number of aliphatic hydroxyl groups excluding tert-OH is 2. The first-order chi connectivity index (χ1) is 27.8. The molecule has 3 atom stereocenters. The van der Waals surface area contributed by atoms with E-state index in [1.54, 1.807) is 0 Å². The molecule has 0 aliphatic heterocycles. The van der Waals surface area contributed by atoms with Crippen LogP contribution >= 0.6 is 0 Å². The van der Waals surface area contributed by atoms with Crippen molar-refractivity contribution in [3.8, 4) is 0 Å². The summed E-state index contributed by atoms with van der Waals surface area (Å²) in [6.45, 7) is 29.1. The van der Waals surface area contributed by atoms with Crippen LogP contribution < -0.4 is 0 Å². The maximum atomic E-state index is 9.65. The third kappa shape index (κ3) is 41.1. The summed E-state index contributed by atoms with van der Waals surface area (Å²) >= 11 is 0. The third-order valence-corrected chi connectivity index (χ3v) is 27.8. The van der Waals surface area contributed by atoms with E-state index in [1.165, 1.54) is 96.3 Å². The van der Waals surface area contributed by atoms with Gasteiger partial charge in [0.05, 0.1) is 52.9 Å². The molecule has 3 unspecified atom stereocenters. The van der Waals surface area contributed by atoms with E-state index in [0.29, 0.717) is 52.9 Å². The van der Waals surface area contributed by atoms with Crippen molar-refractivity contribution < 1.29 is 50.4 Å². The van der Waals surface area contributed by atoms with Crippen molar-refractivity contribution in [1.82, 2.24) is 0 Å². The summed E-state index contributed by atoms with van der Waals surface area (Å²) in [6.07, 6.45) is 22.8. The standard InChI is InChI=1S/C43H98O11Si5/c1-12-13-14-15-16-17-18-19-20-21-22-23-24-25-26-27-30-46-33-35-48-37-38-49-36-34-47-31-28-40-59(11,53-57(8,9)51-55(2,3)4)54-58(10,52-56(5,6)7)39-29-32-50-42-43(45)41-44/h43-45H,12-42H2,1-11H3. The van der Waals surface area contributed by atoms with Crippen molar-refractivity contribution in [2.75, 3.05) is 72.7 Å². The molecule has 0 bridgehead atoms. The molecule has 0 aromatic heterocycles. The first-order valence-corrected chi connectivity index (χ1v) is 38.5. The van der Waals surface area contributed by atoms with Gasteiger partial charge in [-0.2, -0.15) is 0 Å². The Morgan fingerprint density at radius 3 is 1.10 bits per heavy atom. The fourth-order valence-corrected chi connectivity index (χ4v) is 31.1. The van der Waals surface area contributed by atoms with Crippen LogP contribution in [0.3, 0.4) is 0 Å². The predicted molar refractivity (Wildman–Crippen MR) is 257 cm³/mol. The molecule has 0 aromatic rings. The number of ether oxygens (including phenoxy) is 5. The minimum Gasteiger partial charge on any atom is -0.437 e. The summed E-state index contributed by atoms with van der Waals surface area (Å²) in [5, 5.41) is 18.7. The Morgan fingerprint density at radius 1 is 0.373 bits per heavy atom. The lowest BCUT2D eigenvalue weighted by molar-refractivity contribution is -0.00216. The Kier molecular flexibility index (Phi) is 36.3. The maximum Gasteiger partial charge on any atom is 0.317 e. The highest BCUT2D eigenvalue weighted by atomic mass is 28.5. The summed E-state index contributed by atoms with van der Waals surface area (Å²) in [4.78, 5) is 0. The molecule has 0 aliphatic rings. The molecule has 16 heteroatoms. The second-order valence-electron chi connectivity index (χ2n) is 19.2. The van der Waals surface area contributed by atoms with E-state index in [0.717, 1.165) is 38.0 Å². The molecular weight excluding hydrogens is 833 g/mol. The van der Waals surface area contributed by atoms with E-state index in [1.807, 2.05) is 0 Å². The highest BCUT2D eigenvalue weighted by Gasteiger charge is 2.48. The van der Waals surface area contributed by atoms with Crippen molar-refractivity contribution in [2.24, 2.45) is 0 Å². The average molecular weight is 932 g/mol. The van der Waals surface area contributed by atoms with Gasteiger partial charge < -0.3 is 50.4 Å². The number of hydrogen-bond acceptors (Lipinski definition) is 11. The van der Waals surface area contributed by atoms with E-state index in [2.05, 4.69) is 72.4 Å². The van der Waals surface area contributed by atoms with Crippen molar-refractivity contribution in [3.05, 3.63) is 0 Å². The zero-order valence-corrected chi connectivity index (χ0v) is 45.6. The molecule has 0 spiro atoms. The quantitative estimate of drug-likeness (QED) is 0.0448. The number of aliphatic hydroxyl groups is 2. The molecule has 2 N–H and O–H groups in total. The zero-order valence-electron chi connectivity index (χ0n) is 40.6. The van der Waals surface area contributed by atoms with Gasteiger partial charge in [0.15, 0.2) is 16.6 Å². The van der Waals surface area contributed by atoms with Crippen LogP contribution in [0, 0.1) is 0 Å². The molecule has 0 aromatic carbocycles. The van der Waals surface area contributed by atoms with E-state index < -0.39 is 48.4 Å². The maximum absolute atomic E-state index is 9.65. The van der Waals surface area contributed by atoms with Crippen LogP contribution in [0.15, 0.2) is 0 Å². The molecule has 0 saturated heterocycles. The van der Waals surface area contributed by atoms with E-state index in [-0.39, 0.29) is 13.2 Å². The monoisotopic (exact) mass is 931 g/mol. The van der Waals surface area contributed by atoms with Crippen molar-refractivity contribution in [3.63, 3.8) is 0 Å². The number of unbranched alkanes of at least 4 members (excludes halogenated alkanes) is 15. The van der Waals surface area contributed by atoms with Crippen molar-refractivity contribution >= 4 is 42.3 Å². The molecule has 11 nitrogen and oxygen atoms in total. The molecule has 0 radical (unpaired) electrons. The van der Waals surface area contributed by atoms with Gasteiger partial charge in [0, 0.05) is 19.8 Å². The molecule has 0 saturated carbocycles. The van der Waals surface area contributed by atoms with Crippen LogP contribution in [-0.4, -0.2) is 131 Å². The van der Waals surface area contributed by atoms with Gasteiger partial charge >= 0.3 is 25.7 Å². The lowest BCUT2D eigenvalue weighted by Crippen LogP contribution is -2.60. The van der Waals surface area contributed by atoms with Gasteiger partial charge in [0.25, 0.3) is 0 Å². The molecule has 0 heterocycles. The van der Waals surface area contributed by atoms with Gasteiger partial charge in [-0.15, -0.1) is 0 Å². The van der Waals surface area contributed by atoms with Crippen LogP contribution in [0.25, 0.3) is 0 Å². The lowest BCUT2D eigenvalue weighted by atomic mass is 10.0. The van der Waals surface area contributed by atoms with Crippen LogP contribution in [0.2, 0.25) is 77.6 Å². The average Bonchev–Trinajstić information content (AvgIpc) is 3.11. The SMILES string of the molecule is CCCCCCCCCCCCCCCCCCOCCOCCOCCOCCC[Si](C)(O[Si](C)(C)O[Si](C)(C)C)O[Si](C)(CCCOCC(O)CO)O[Si](C)(C)C. The first kappa shape index (κ1) is 59.6. The Hall–Kier alpha value is 0.644. The Balaban J connectivity index is 4.26. The van der Waals surface area contributed by atoms with Gasteiger partial charge in [-0.3, -0.25) is 0 Å². The summed E-state index contributed by atoms with van der Waals surface area (Å²) in [6, 6.07) is 1.52. The second-order valence-corrected chi connectivity index (χ2v) is 39.2. The second kappa shape index (κ2) is 35.9. The first-order valence-electron chi connectivity index (χ1n) is 23.8. The van der Waals surface area contributed by atoms with Gasteiger partial charge in [0.2, 0.25) is 0 Å².